The summed E-state index contributed by atoms with van der Waals surface area (Å²) in [5.41, 5.74) is 9.67. The summed E-state index contributed by atoms with van der Waals surface area (Å²) in [6.07, 6.45) is 15.5. The highest BCUT2D eigenvalue weighted by molar-refractivity contribution is 6.33. The van der Waals surface area contributed by atoms with Crippen LogP contribution in [0.5, 0.6) is 0 Å². The molecule has 2 aromatic carbocycles. The van der Waals surface area contributed by atoms with Gasteiger partial charge >= 0.3 is 5.97 Å². The predicted molar refractivity (Wildman–Crippen MR) is 221 cm³/mol. The number of carboxylic acid groups (broad SMARTS) is 1. The van der Waals surface area contributed by atoms with Gasteiger partial charge in [-0.3, -0.25) is 14.2 Å². The van der Waals surface area contributed by atoms with Crippen LogP contribution in [0.1, 0.15) is 71.3 Å². The van der Waals surface area contributed by atoms with Crippen LogP contribution >= 0.6 is 35.6 Å². The minimum atomic E-state index is -0.977. The van der Waals surface area contributed by atoms with Gasteiger partial charge in [-0.1, -0.05) is 59.6 Å². The largest absolute Gasteiger partial charge is 0.478 e. The van der Waals surface area contributed by atoms with Crippen LogP contribution in [0.3, 0.4) is 0 Å². The molecule has 16 nitrogen and oxygen atoms in total. The summed E-state index contributed by atoms with van der Waals surface area (Å²) in [6, 6.07) is 18.1. The van der Waals surface area contributed by atoms with Crippen molar-refractivity contribution in [1.29, 1.82) is 10.5 Å². The quantitative estimate of drug-likeness (QED) is 0.0671. The average molecular weight is 841 g/mol. The third-order valence-electron chi connectivity index (χ3n) is 8.49. The van der Waals surface area contributed by atoms with Crippen molar-refractivity contribution >= 4 is 70.6 Å². The molecule has 0 bridgehead atoms. The zero-order valence-electron chi connectivity index (χ0n) is 30.7. The van der Waals surface area contributed by atoms with Crippen LogP contribution in [0, 0.1) is 22.7 Å². The smallest absolute Gasteiger partial charge is 0.335 e. The number of nitriles is 2. The molecule has 0 saturated heterocycles. The minimum absolute atomic E-state index is 0. The number of aromatic nitrogens is 8. The molecular formula is C39H36Cl3N13O3. The van der Waals surface area contributed by atoms with Crippen molar-refractivity contribution in [3.8, 4) is 34.7 Å². The molecule has 4 aromatic heterocycles. The highest BCUT2D eigenvalue weighted by atomic mass is 35.5. The van der Waals surface area contributed by atoms with Gasteiger partial charge in [0.05, 0.1) is 93.9 Å². The number of hydrogen-bond donors (Lipinski definition) is 4. The van der Waals surface area contributed by atoms with E-state index in [1.807, 2.05) is 27.8 Å². The molecule has 8 rings (SSSR count). The van der Waals surface area contributed by atoms with Crippen LogP contribution in [0.15, 0.2) is 85.7 Å². The van der Waals surface area contributed by atoms with Crippen LogP contribution in [0.25, 0.3) is 22.5 Å². The third kappa shape index (κ3) is 11.6. The number of carbonyl (C=O) groups is 2. The van der Waals surface area contributed by atoms with Gasteiger partial charge < -0.3 is 21.5 Å². The Kier molecular flexibility index (Phi) is 14.8. The minimum Gasteiger partial charge on any atom is -0.478 e. The van der Waals surface area contributed by atoms with E-state index in [1.54, 1.807) is 61.1 Å². The van der Waals surface area contributed by atoms with Gasteiger partial charge in [-0.05, 0) is 37.8 Å². The SMILES string of the molecule is Cl.N#CCCC(=O)c1ccc(-c2nc(Nc3cnn(C4CC4)c3)ncc2Cl)cc1.N#CCN.O=C(O)c1ccc(-c2nc(Nc3cnn(C4CC4)c3)ncc2Cl)cc1. The van der Waals surface area contributed by atoms with Crippen molar-refractivity contribution < 1.29 is 14.7 Å². The molecule has 19 heteroatoms. The maximum atomic E-state index is 12.0. The van der Waals surface area contributed by atoms with Crippen molar-refractivity contribution in [2.45, 2.75) is 50.6 Å². The number of carbonyl (C=O) groups excluding carboxylic acids is 1. The first-order valence-corrected chi connectivity index (χ1v) is 18.5. The van der Waals surface area contributed by atoms with Crippen LogP contribution in [0.4, 0.5) is 23.3 Å². The summed E-state index contributed by atoms with van der Waals surface area (Å²) in [5.74, 6) is -0.215. The lowest BCUT2D eigenvalue weighted by molar-refractivity contribution is 0.0696. The Bertz CT molecular complexity index is 2430. The molecule has 58 heavy (non-hydrogen) atoms. The molecule has 2 aliphatic carbocycles. The van der Waals surface area contributed by atoms with Gasteiger partial charge in [0, 0.05) is 41.9 Å². The maximum Gasteiger partial charge on any atom is 0.335 e. The molecule has 0 unspecified atom stereocenters. The van der Waals surface area contributed by atoms with E-state index in [0.717, 1.165) is 42.6 Å². The first-order chi connectivity index (χ1) is 27.6. The molecule has 2 fully saturated rings. The first-order valence-electron chi connectivity index (χ1n) is 17.7. The number of benzene rings is 2. The zero-order chi connectivity index (χ0) is 40.3. The number of nitrogens with zero attached hydrogens (tertiary/aromatic N) is 10. The first kappa shape index (κ1) is 42.7. The van der Waals surface area contributed by atoms with Crippen LogP contribution < -0.4 is 16.4 Å². The number of halogens is 3. The lowest BCUT2D eigenvalue weighted by Crippen LogP contribution is -2.00. The number of carboxylic acids is 1. The summed E-state index contributed by atoms with van der Waals surface area (Å²) >= 11 is 12.5. The molecule has 0 aliphatic heterocycles. The van der Waals surface area contributed by atoms with E-state index in [1.165, 1.54) is 18.3 Å². The number of rotatable bonds is 12. The summed E-state index contributed by atoms with van der Waals surface area (Å²) < 4.78 is 3.88. The van der Waals surface area contributed by atoms with E-state index >= 15 is 0 Å². The lowest BCUT2D eigenvalue weighted by Gasteiger charge is -2.08. The number of nitrogens with one attached hydrogen (secondary N) is 2. The Hall–Kier alpha value is -6.43. The van der Waals surface area contributed by atoms with Crippen LogP contribution in [-0.2, 0) is 0 Å². The fourth-order valence-electron chi connectivity index (χ4n) is 5.30. The van der Waals surface area contributed by atoms with Gasteiger partial charge in [0.2, 0.25) is 11.9 Å². The fourth-order valence-corrected chi connectivity index (χ4v) is 5.70. The van der Waals surface area contributed by atoms with Crippen LogP contribution in [-0.4, -0.2) is 62.9 Å². The zero-order valence-corrected chi connectivity index (χ0v) is 33.0. The second-order valence-corrected chi connectivity index (χ2v) is 13.6. The lowest BCUT2D eigenvalue weighted by atomic mass is 10.0. The van der Waals surface area contributed by atoms with Crippen molar-refractivity contribution in [2.75, 3.05) is 17.2 Å². The molecule has 2 saturated carbocycles. The van der Waals surface area contributed by atoms with E-state index in [0.29, 0.717) is 56.5 Å². The van der Waals surface area contributed by atoms with E-state index in [9.17, 15) is 9.59 Å². The van der Waals surface area contributed by atoms with E-state index in [-0.39, 0.29) is 43.1 Å². The molecule has 0 radical (unpaired) electrons. The Balaban J connectivity index is 0.000000200. The summed E-state index contributed by atoms with van der Waals surface area (Å²) in [5, 5.41) is 40.8. The number of hydrogen-bond acceptors (Lipinski definition) is 13. The molecule has 0 atom stereocenters. The van der Waals surface area contributed by atoms with E-state index < -0.39 is 5.97 Å². The third-order valence-corrected chi connectivity index (χ3v) is 9.04. The Morgan fingerprint density at radius 2 is 1.17 bits per heavy atom. The standard InChI is InChI=1S/C20H17ClN6O.C17H14ClN5O2.C2H4N2.ClH/c21-17-11-23-20(25-15-10-24-27(12-15)16-7-8-16)26-19(17)14-5-3-13(4-6-14)18(28)2-1-9-22;18-14-8-19-17(21-12-7-20-23(9-12)13-5-6-13)22-15(14)10-1-3-11(4-2-10)16(24)25;3-1-2-4;/h3-6,10-12,16H,1-2,7-8H2,(H,23,25,26);1-4,7-9,13H,5-6H2,(H,24,25)(H,19,21,22);1,3H2;1H. The van der Waals surface area contributed by atoms with Gasteiger partial charge in [0.1, 0.15) is 0 Å². The fraction of sp³-hybridized carbons (Fsp3) is 0.231. The van der Waals surface area contributed by atoms with Crippen LogP contribution in [0.2, 0.25) is 10.0 Å². The summed E-state index contributed by atoms with van der Waals surface area (Å²) in [4.78, 5) is 40.3. The van der Waals surface area contributed by atoms with Gasteiger partial charge in [0.25, 0.3) is 0 Å². The van der Waals surface area contributed by atoms with E-state index in [2.05, 4.69) is 46.5 Å². The Morgan fingerprint density at radius 1 is 0.741 bits per heavy atom. The highest BCUT2D eigenvalue weighted by Gasteiger charge is 2.25. The summed E-state index contributed by atoms with van der Waals surface area (Å²) in [7, 11) is 0. The van der Waals surface area contributed by atoms with Gasteiger partial charge in [-0.25, -0.2) is 24.7 Å². The predicted octanol–water partition coefficient (Wildman–Crippen LogP) is 8.22. The number of anilines is 4. The number of Topliss-reactive ketones (excluding diaryl/α,β-unsaturated/α-hetero) is 1. The van der Waals surface area contributed by atoms with E-state index in [4.69, 9.17) is 38.8 Å². The second kappa shape index (κ2) is 20.1. The number of nitrogens with two attached hydrogens (primary N) is 1. The average Bonchev–Trinajstić information content (AvgIpc) is 4.17. The Morgan fingerprint density at radius 3 is 1.55 bits per heavy atom. The normalized spacial score (nSPS) is 12.6. The number of ketones is 1. The second-order valence-electron chi connectivity index (χ2n) is 12.8. The van der Waals surface area contributed by atoms with Gasteiger partial charge in [0.15, 0.2) is 5.78 Å². The van der Waals surface area contributed by atoms with Crippen molar-refractivity contribution in [3.05, 3.63) is 107 Å². The maximum absolute atomic E-state index is 12.0. The topological polar surface area (TPSA) is 239 Å². The Labute approximate surface area is 349 Å². The molecule has 0 spiro atoms. The van der Waals surface area contributed by atoms with Gasteiger partial charge in [-0.15, -0.1) is 12.4 Å². The van der Waals surface area contributed by atoms with Crippen molar-refractivity contribution in [1.82, 2.24) is 39.5 Å². The molecule has 296 valence electrons. The monoisotopic (exact) mass is 839 g/mol. The van der Waals surface area contributed by atoms with Crippen molar-refractivity contribution in [2.24, 2.45) is 5.73 Å². The highest BCUT2D eigenvalue weighted by Crippen LogP contribution is 2.36. The molecule has 6 aromatic rings. The molecule has 2 aliphatic rings. The molecule has 0 amide bonds. The molecule has 5 N–H and O–H groups in total. The summed E-state index contributed by atoms with van der Waals surface area (Å²) in [6.45, 7) is 0.125. The van der Waals surface area contributed by atoms with Crippen molar-refractivity contribution in [3.63, 3.8) is 0 Å². The van der Waals surface area contributed by atoms with Gasteiger partial charge in [-0.2, -0.15) is 20.7 Å². The molecular weight excluding hydrogens is 805 g/mol. The molecule has 4 heterocycles. The number of aromatic carboxylic acids is 1.